The fourth-order valence-corrected chi connectivity index (χ4v) is 3.07. The first-order valence-corrected chi connectivity index (χ1v) is 8.71. The van der Waals surface area contributed by atoms with Crippen LogP contribution in [0.15, 0.2) is 41.0 Å². The lowest BCUT2D eigenvalue weighted by Gasteiger charge is -2.26. The van der Waals surface area contributed by atoms with E-state index in [4.69, 9.17) is 0 Å². The topological polar surface area (TPSA) is 45.2 Å². The molecule has 0 unspecified atom stereocenters. The van der Waals surface area contributed by atoms with E-state index in [-0.39, 0.29) is 5.91 Å². The van der Waals surface area contributed by atoms with E-state index in [0.717, 1.165) is 41.8 Å². The number of aromatic nitrogens is 1. The monoisotopic (exact) mass is 373 g/mol. The Kier molecular flexibility index (Phi) is 4.96. The SMILES string of the molecule is Cc1ccc(Nc2ccc(C(=O)N3CCCCC3)nc2)cc1Br. The second kappa shape index (κ2) is 7.13. The molecule has 0 atom stereocenters. The zero-order chi connectivity index (χ0) is 16.2. The zero-order valence-electron chi connectivity index (χ0n) is 13.2. The number of carbonyl (C=O) groups is 1. The van der Waals surface area contributed by atoms with Crippen LogP contribution in [0.1, 0.15) is 35.3 Å². The number of hydrogen-bond acceptors (Lipinski definition) is 3. The van der Waals surface area contributed by atoms with Gasteiger partial charge in [-0.15, -0.1) is 0 Å². The molecular weight excluding hydrogens is 354 g/mol. The van der Waals surface area contributed by atoms with Crippen molar-refractivity contribution in [2.75, 3.05) is 18.4 Å². The third-order valence-corrected chi connectivity index (χ3v) is 4.94. The van der Waals surface area contributed by atoms with Crippen molar-refractivity contribution in [3.63, 3.8) is 0 Å². The van der Waals surface area contributed by atoms with E-state index in [1.165, 1.54) is 12.0 Å². The summed E-state index contributed by atoms with van der Waals surface area (Å²) in [6, 6.07) is 9.80. The van der Waals surface area contributed by atoms with Crippen molar-refractivity contribution in [1.29, 1.82) is 0 Å². The lowest BCUT2D eigenvalue weighted by molar-refractivity contribution is 0.0718. The number of halogens is 1. The first-order chi connectivity index (χ1) is 11.1. The predicted octanol–water partition coefficient (Wildman–Crippen LogP) is 4.52. The summed E-state index contributed by atoms with van der Waals surface area (Å²) in [5, 5.41) is 3.30. The van der Waals surface area contributed by atoms with Gasteiger partial charge in [0.05, 0.1) is 11.9 Å². The van der Waals surface area contributed by atoms with Crippen LogP contribution < -0.4 is 5.32 Å². The highest BCUT2D eigenvalue weighted by molar-refractivity contribution is 9.10. The molecule has 1 N–H and O–H groups in total. The molecule has 4 nitrogen and oxygen atoms in total. The molecule has 1 aliphatic heterocycles. The summed E-state index contributed by atoms with van der Waals surface area (Å²) < 4.78 is 1.06. The average Bonchev–Trinajstić information content (AvgIpc) is 2.59. The van der Waals surface area contributed by atoms with Gasteiger partial charge in [0.15, 0.2) is 0 Å². The maximum atomic E-state index is 12.4. The quantitative estimate of drug-likeness (QED) is 0.859. The summed E-state index contributed by atoms with van der Waals surface area (Å²) in [7, 11) is 0. The number of nitrogens with one attached hydrogen (secondary N) is 1. The summed E-state index contributed by atoms with van der Waals surface area (Å²) >= 11 is 3.53. The molecule has 0 spiro atoms. The van der Waals surface area contributed by atoms with Gasteiger partial charge in [0.2, 0.25) is 0 Å². The molecule has 1 saturated heterocycles. The second-order valence-corrected chi connectivity index (χ2v) is 6.73. The maximum absolute atomic E-state index is 12.4. The molecule has 0 bridgehead atoms. The molecule has 1 amide bonds. The van der Waals surface area contributed by atoms with Gasteiger partial charge in [0, 0.05) is 23.2 Å². The van der Waals surface area contributed by atoms with E-state index < -0.39 is 0 Å². The molecule has 1 aromatic carbocycles. The van der Waals surface area contributed by atoms with Crippen molar-refractivity contribution >= 4 is 33.2 Å². The van der Waals surface area contributed by atoms with Crippen LogP contribution in [0, 0.1) is 6.92 Å². The second-order valence-electron chi connectivity index (χ2n) is 5.87. The van der Waals surface area contributed by atoms with Gasteiger partial charge in [0.25, 0.3) is 5.91 Å². The number of carbonyl (C=O) groups excluding carboxylic acids is 1. The Bertz CT molecular complexity index is 694. The molecule has 0 saturated carbocycles. The molecule has 1 aliphatic rings. The van der Waals surface area contributed by atoms with Gasteiger partial charge >= 0.3 is 0 Å². The van der Waals surface area contributed by atoms with Crippen LogP contribution in [0.2, 0.25) is 0 Å². The Morgan fingerprint density at radius 1 is 1.13 bits per heavy atom. The lowest BCUT2D eigenvalue weighted by atomic mass is 10.1. The summed E-state index contributed by atoms with van der Waals surface area (Å²) in [6.07, 6.45) is 5.11. The third-order valence-electron chi connectivity index (χ3n) is 4.09. The normalized spacial score (nSPS) is 14.6. The minimum absolute atomic E-state index is 0.0364. The number of piperidine rings is 1. The van der Waals surface area contributed by atoms with E-state index >= 15 is 0 Å². The molecule has 23 heavy (non-hydrogen) atoms. The molecule has 5 heteroatoms. The average molecular weight is 374 g/mol. The third kappa shape index (κ3) is 3.91. The van der Waals surface area contributed by atoms with E-state index in [0.29, 0.717) is 5.69 Å². The fourth-order valence-electron chi connectivity index (χ4n) is 2.69. The number of nitrogens with zero attached hydrogens (tertiary/aromatic N) is 2. The van der Waals surface area contributed by atoms with E-state index in [2.05, 4.69) is 33.2 Å². The highest BCUT2D eigenvalue weighted by Gasteiger charge is 2.18. The van der Waals surface area contributed by atoms with Gasteiger partial charge in [-0.3, -0.25) is 4.79 Å². The van der Waals surface area contributed by atoms with Gasteiger partial charge < -0.3 is 10.2 Å². The summed E-state index contributed by atoms with van der Waals surface area (Å²) in [5.41, 5.74) is 3.56. The van der Waals surface area contributed by atoms with Crippen molar-refractivity contribution < 1.29 is 4.79 Å². The molecule has 1 fully saturated rings. The van der Waals surface area contributed by atoms with E-state index in [1.807, 2.05) is 29.2 Å². The van der Waals surface area contributed by atoms with Crippen molar-refractivity contribution in [3.05, 3.63) is 52.3 Å². The molecule has 2 heterocycles. The predicted molar refractivity (Wildman–Crippen MR) is 96.2 cm³/mol. The molecule has 0 radical (unpaired) electrons. The van der Waals surface area contributed by atoms with Crippen molar-refractivity contribution in [3.8, 4) is 0 Å². The highest BCUT2D eigenvalue weighted by atomic mass is 79.9. The first-order valence-electron chi connectivity index (χ1n) is 7.92. The summed E-state index contributed by atoms with van der Waals surface area (Å²) in [4.78, 5) is 18.6. The van der Waals surface area contributed by atoms with E-state index in [1.54, 1.807) is 12.3 Å². The van der Waals surface area contributed by atoms with Crippen LogP contribution in [-0.4, -0.2) is 28.9 Å². The summed E-state index contributed by atoms with van der Waals surface area (Å²) in [5.74, 6) is 0.0364. The zero-order valence-corrected chi connectivity index (χ0v) is 14.8. The summed E-state index contributed by atoms with van der Waals surface area (Å²) in [6.45, 7) is 3.74. The minimum Gasteiger partial charge on any atom is -0.354 e. The number of benzene rings is 1. The van der Waals surface area contributed by atoms with Gasteiger partial charge in [0.1, 0.15) is 5.69 Å². The van der Waals surface area contributed by atoms with Gasteiger partial charge in [-0.1, -0.05) is 22.0 Å². The molecular formula is C18H20BrN3O. The van der Waals surface area contributed by atoms with Crippen LogP contribution in [0.4, 0.5) is 11.4 Å². The van der Waals surface area contributed by atoms with Crippen LogP contribution >= 0.6 is 15.9 Å². The number of amides is 1. The largest absolute Gasteiger partial charge is 0.354 e. The number of rotatable bonds is 3. The first kappa shape index (κ1) is 16.0. The lowest BCUT2D eigenvalue weighted by Crippen LogP contribution is -2.36. The smallest absolute Gasteiger partial charge is 0.272 e. The Morgan fingerprint density at radius 2 is 1.87 bits per heavy atom. The molecule has 0 aliphatic carbocycles. The molecule has 2 aromatic rings. The van der Waals surface area contributed by atoms with Gasteiger partial charge in [-0.2, -0.15) is 0 Å². The molecule has 120 valence electrons. The van der Waals surface area contributed by atoms with Crippen molar-refractivity contribution in [2.24, 2.45) is 0 Å². The Hall–Kier alpha value is -1.88. The van der Waals surface area contributed by atoms with Crippen LogP contribution in [0.25, 0.3) is 0 Å². The number of pyridine rings is 1. The molecule has 1 aromatic heterocycles. The number of likely N-dealkylation sites (tertiary alicyclic amines) is 1. The Balaban J connectivity index is 1.68. The van der Waals surface area contributed by atoms with E-state index in [9.17, 15) is 4.79 Å². The molecule has 3 rings (SSSR count). The minimum atomic E-state index is 0.0364. The van der Waals surface area contributed by atoms with Crippen LogP contribution in [0.5, 0.6) is 0 Å². The van der Waals surface area contributed by atoms with Gasteiger partial charge in [-0.05, 0) is 56.0 Å². The maximum Gasteiger partial charge on any atom is 0.272 e. The Labute approximate surface area is 145 Å². The van der Waals surface area contributed by atoms with Gasteiger partial charge in [-0.25, -0.2) is 4.98 Å². The number of aryl methyl sites for hydroxylation is 1. The Morgan fingerprint density at radius 3 is 2.52 bits per heavy atom. The standard InChI is InChI=1S/C18H20BrN3O/c1-13-5-6-14(11-16(13)19)21-15-7-8-17(20-12-15)18(23)22-9-3-2-4-10-22/h5-8,11-12,21H,2-4,9-10H2,1H3. The van der Waals surface area contributed by atoms with Crippen molar-refractivity contribution in [2.45, 2.75) is 26.2 Å². The van der Waals surface area contributed by atoms with Crippen LogP contribution in [-0.2, 0) is 0 Å². The van der Waals surface area contributed by atoms with Crippen molar-refractivity contribution in [1.82, 2.24) is 9.88 Å². The highest BCUT2D eigenvalue weighted by Crippen LogP contribution is 2.23. The number of anilines is 2. The fraction of sp³-hybridized carbons (Fsp3) is 0.333. The van der Waals surface area contributed by atoms with Crippen LogP contribution in [0.3, 0.4) is 0 Å². The number of hydrogen-bond donors (Lipinski definition) is 1.